The molecule has 4 aromatic rings. The lowest BCUT2D eigenvalue weighted by Crippen LogP contribution is -2.48. The molecule has 2 saturated heterocycles. The predicted octanol–water partition coefficient (Wildman–Crippen LogP) is 4.52. The molecule has 4 heterocycles. The number of benzene rings is 2. The third-order valence-electron chi connectivity index (χ3n) is 8.52. The number of likely N-dealkylation sites (tertiary alicyclic amines) is 1. The molecule has 10 heteroatoms. The van der Waals surface area contributed by atoms with Crippen LogP contribution in [0.4, 0.5) is 5.69 Å². The van der Waals surface area contributed by atoms with Gasteiger partial charge in [0, 0.05) is 44.3 Å². The molecule has 2 fully saturated rings. The number of imidazole rings is 1. The lowest BCUT2D eigenvalue weighted by molar-refractivity contribution is 0.0516. The van der Waals surface area contributed by atoms with Gasteiger partial charge >= 0.3 is 0 Å². The number of aromatic amines is 1. The number of anilines is 1. The number of fused-ring (bicyclic) bond motifs is 1. The van der Waals surface area contributed by atoms with Gasteiger partial charge in [-0.15, -0.1) is 0 Å². The first kappa shape index (κ1) is 26.5. The number of nitrogens with zero attached hydrogens (tertiary/aromatic N) is 4. The maximum Gasteiger partial charge on any atom is 0.256 e. The highest BCUT2D eigenvalue weighted by Crippen LogP contribution is 2.42. The van der Waals surface area contributed by atoms with Crippen LogP contribution in [0.5, 0.6) is 0 Å². The molecule has 1 unspecified atom stereocenters. The normalized spacial score (nSPS) is 18.2. The molecule has 2 N–H and O–H groups in total. The van der Waals surface area contributed by atoms with E-state index in [9.17, 15) is 13.2 Å². The zero-order chi connectivity index (χ0) is 27.7. The molecule has 0 bridgehead atoms. The molecule has 9 nitrogen and oxygen atoms in total. The molecule has 1 amide bonds. The minimum atomic E-state index is -3.71. The number of nitrogens with one attached hydrogen (secondary N) is 2. The van der Waals surface area contributed by atoms with Crippen molar-refractivity contribution in [2.45, 2.75) is 43.5 Å². The predicted molar refractivity (Wildman–Crippen MR) is 155 cm³/mol. The van der Waals surface area contributed by atoms with Crippen molar-refractivity contribution in [1.82, 2.24) is 24.6 Å². The largest absolute Gasteiger partial charge is 0.371 e. The third-order valence-corrected chi connectivity index (χ3v) is 10.1. The first-order valence-corrected chi connectivity index (χ1v) is 15.3. The van der Waals surface area contributed by atoms with Gasteiger partial charge in [-0.3, -0.25) is 9.78 Å². The van der Waals surface area contributed by atoms with Gasteiger partial charge in [-0.05, 0) is 74.4 Å². The molecular formula is C30H34N6O3S. The van der Waals surface area contributed by atoms with Gasteiger partial charge < -0.3 is 14.8 Å². The number of H-pyrrole nitrogens is 1. The monoisotopic (exact) mass is 558 g/mol. The summed E-state index contributed by atoms with van der Waals surface area (Å²) in [6.07, 6.45) is 7.96. The number of carbonyl (C=O) groups excluding carboxylic acids is 1. The second kappa shape index (κ2) is 10.7. The van der Waals surface area contributed by atoms with E-state index in [0.29, 0.717) is 22.4 Å². The van der Waals surface area contributed by atoms with Gasteiger partial charge in [-0.1, -0.05) is 24.3 Å². The Morgan fingerprint density at radius 2 is 1.60 bits per heavy atom. The summed E-state index contributed by atoms with van der Waals surface area (Å²) in [7, 11) is -3.71. The van der Waals surface area contributed by atoms with Crippen molar-refractivity contribution in [2.75, 3.05) is 31.1 Å². The fraction of sp³-hybridized carbons (Fsp3) is 0.367. The Morgan fingerprint density at radius 1 is 0.925 bits per heavy atom. The number of hydrogen-bond acceptors (Lipinski definition) is 6. The first-order valence-electron chi connectivity index (χ1n) is 13.8. The second-order valence-electron chi connectivity index (χ2n) is 11.0. The van der Waals surface area contributed by atoms with E-state index in [1.807, 2.05) is 35.5 Å². The summed E-state index contributed by atoms with van der Waals surface area (Å²) >= 11 is 0. The van der Waals surface area contributed by atoms with E-state index < -0.39 is 16.1 Å². The topological polar surface area (TPSA) is 111 Å². The number of amides is 1. The number of rotatable bonds is 6. The highest BCUT2D eigenvalue weighted by Gasteiger charge is 2.39. The molecule has 2 aliphatic heterocycles. The van der Waals surface area contributed by atoms with Gasteiger partial charge in [0.1, 0.15) is 11.3 Å². The van der Waals surface area contributed by atoms with Crippen molar-refractivity contribution < 1.29 is 13.2 Å². The summed E-state index contributed by atoms with van der Waals surface area (Å²) in [5.74, 6) is 0.443. The van der Waals surface area contributed by atoms with Crippen LogP contribution in [-0.4, -0.2) is 60.4 Å². The van der Waals surface area contributed by atoms with Crippen molar-refractivity contribution in [1.29, 1.82) is 0 Å². The highest BCUT2D eigenvalue weighted by atomic mass is 32.2. The summed E-state index contributed by atoms with van der Waals surface area (Å²) < 4.78 is 28.3. The fourth-order valence-electron chi connectivity index (χ4n) is 6.03. The zero-order valence-electron chi connectivity index (χ0n) is 22.6. The molecular weight excluding hydrogens is 524 g/mol. The Hall–Kier alpha value is -3.76. The number of aromatic nitrogens is 3. The fourth-order valence-corrected chi connectivity index (χ4v) is 7.26. The standard InChI is InChI=1S/C30H34N6O3S/c1-22(34-40(38,39)24-6-3-2-4-7-24)28-32-26-9-5-8-25(27(26)33-28)29(37)36-20-14-30(15-21-36)12-18-35(19-13-30)23-10-16-31-17-11-23/h2-11,16-17,22,34H,12-15,18-21H2,1H3,(H,32,33). The van der Waals surface area contributed by atoms with E-state index in [2.05, 4.69) is 36.7 Å². The van der Waals surface area contributed by atoms with Gasteiger partial charge in [-0.25, -0.2) is 18.1 Å². The van der Waals surface area contributed by atoms with Crippen LogP contribution in [0.3, 0.4) is 0 Å². The second-order valence-corrected chi connectivity index (χ2v) is 12.7. The van der Waals surface area contributed by atoms with E-state index in [0.717, 1.165) is 51.9 Å². The maximum absolute atomic E-state index is 13.7. The van der Waals surface area contributed by atoms with Crippen LogP contribution in [0, 0.1) is 5.41 Å². The van der Waals surface area contributed by atoms with Gasteiger partial charge in [0.15, 0.2) is 0 Å². The smallest absolute Gasteiger partial charge is 0.256 e. The first-order chi connectivity index (χ1) is 19.3. The molecule has 0 radical (unpaired) electrons. The van der Waals surface area contributed by atoms with Crippen molar-refractivity contribution in [3.05, 3.63) is 84.4 Å². The minimum absolute atomic E-state index is 0.0229. The van der Waals surface area contributed by atoms with Crippen LogP contribution in [0.15, 0.2) is 78.0 Å². The molecule has 2 aromatic carbocycles. The molecule has 2 aromatic heterocycles. The summed E-state index contributed by atoms with van der Waals surface area (Å²) in [6, 6.07) is 17.3. The average Bonchev–Trinajstić information content (AvgIpc) is 3.44. The Kier molecular flexibility index (Phi) is 7.06. The summed E-state index contributed by atoms with van der Waals surface area (Å²) in [6.45, 7) is 5.26. The molecule has 0 aliphatic carbocycles. The van der Waals surface area contributed by atoms with E-state index in [1.54, 1.807) is 37.3 Å². The van der Waals surface area contributed by atoms with Gasteiger partial charge in [0.25, 0.3) is 5.91 Å². The molecule has 2 aliphatic rings. The van der Waals surface area contributed by atoms with Crippen molar-refractivity contribution >= 4 is 32.7 Å². The van der Waals surface area contributed by atoms with Gasteiger partial charge in [-0.2, -0.15) is 0 Å². The van der Waals surface area contributed by atoms with Crippen LogP contribution >= 0.6 is 0 Å². The quantitative estimate of drug-likeness (QED) is 0.360. The Balaban J connectivity index is 1.12. The Morgan fingerprint density at radius 3 is 2.30 bits per heavy atom. The van der Waals surface area contributed by atoms with Crippen molar-refractivity contribution in [3.63, 3.8) is 0 Å². The number of sulfonamides is 1. The van der Waals surface area contributed by atoms with Gasteiger partial charge in [0.2, 0.25) is 10.0 Å². The lowest BCUT2D eigenvalue weighted by atomic mass is 9.71. The summed E-state index contributed by atoms with van der Waals surface area (Å²) in [5, 5.41) is 0. The number of pyridine rings is 1. The van der Waals surface area contributed by atoms with Crippen LogP contribution < -0.4 is 9.62 Å². The summed E-state index contributed by atoms with van der Waals surface area (Å²) in [4.78, 5) is 30.3. The third kappa shape index (κ3) is 5.21. The van der Waals surface area contributed by atoms with Crippen molar-refractivity contribution in [3.8, 4) is 0 Å². The number of carbonyl (C=O) groups is 1. The Bertz CT molecular complexity index is 1590. The van der Waals surface area contributed by atoms with Crippen LogP contribution in [0.25, 0.3) is 11.0 Å². The zero-order valence-corrected chi connectivity index (χ0v) is 23.4. The van der Waals surface area contributed by atoms with Gasteiger partial charge in [0.05, 0.1) is 22.0 Å². The molecule has 40 heavy (non-hydrogen) atoms. The number of hydrogen-bond donors (Lipinski definition) is 2. The molecule has 6 rings (SSSR count). The molecule has 208 valence electrons. The summed E-state index contributed by atoms with van der Waals surface area (Å²) in [5.41, 5.74) is 3.34. The van der Waals surface area contributed by atoms with E-state index in [-0.39, 0.29) is 16.2 Å². The van der Waals surface area contributed by atoms with E-state index in [1.165, 1.54) is 5.69 Å². The van der Waals surface area contributed by atoms with E-state index in [4.69, 9.17) is 0 Å². The van der Waals surface area contributed by atoms with Crippen molar-refractivity contribution in [2.24, 2.45) is 5.41 Å². The maximum atomic E-state index is 13.7. The lowest BCUT2D eigenvalue weighted by Gasteiger charge is -2.47. The van der Waals surface area contributed by atoms with E-state index >= 15 is 0 Å². The minimum Gasteiger partial charge on any atom is -0.371 e. The molecule has 1 spiro atoms. The molecule has 0 saturated carbocycles. The SMILES string of the molecule is CC(NS(=O)(=O)c1ccccc1)c1nc2c(C(=O)N3CCC4(CC3)CCN(c3ccncc3)CC4)cccc2[nH]1. The number of piperidine rings is 2. The van der Waals surface area contributed by atoms with Crippen LogP contribution in [0.1, 0.15) is 54.8 Å². The number of para-hydroxylation sites is 1. The molecule has 1 atom stereocenters. The highest BCUT2D eigenvalue weighted by molar-refractivity contribution is 7.89. The van der Waals surface area contributed by atoms with Crippen LogP contribution in [-0.2, 0) is 10.0 Å². The Labute approximate surface area is 234 Å². The average molecular weight is 559 g/mol. The van der Waals surface area contributed by atoms with Crippen LogP contribution in [0.2, 0.25) is 0 Å².